The predicted molar refractivity (Wildman–Crippen MR) is 70.6 cm³/mol. The van der Waals surface area contributed by atoms with E-state index in [0.29, 0.717) is 25.2 Å². The third kappa shape index (κ3) is 3.08. The first-order valence-corrected chi connectivity index (χ1v) is 7.69. The van der Waals surface area contributed by atoms with E-state index in [1.54, 1.807) is 0 Å². The molecule has 1 unspecified atom stereocenters. The lowest BCUT2D eigenvalue weighted by atomic mass is 10.0. The normalized spacial score (nSPS) is 20.1. The van der Waals surface area contributed by atoms with Crippen molar-refractivity contribution in [1.29, 1.82) is 0 Å². The van der Waals surface area contributed by atoms with E-state index >= 15 is 0 Å². The predicted octanol–water partition coefficient (Wildman–Crippen LogP) is 1.33. The Kier molecular flexibility index (Phi) is 4.33. The van der Waals surface area contributed by atoms with Gasteiger partial charge in [-0.25, -0.2) is 12.8 Å². The fourth-order valence-electron chi connectivity index (χ4n) is 2.25. The first-order chi connectivity index (χ1) is 9.86. The fourth-order valence-corrected chi connectivity index (χ4v) is 3.87. The molecule has 0 aromatic heterocycles. The van der Waals surface area contributed by atoms with Crippen LogP contribution < -0.4 is 0 Å². The third-order valence-electron chi connectivity index (χ3n) is 3.36. The molecule has 1 aromatic rings. The van der Waals surface area contributed by atoms with Gasteiger partial charge in [0.05, 0.1) is 4.92 Å². The van der Waals surface area contributed by atoms with E-state index in [2.05, 4.69) is 0 Å². The van der Waals surface area contributed by atoms with Crippen molar-refractivity contribution >= 4 is 22.0 Å². The minimum atomic E-state index is -4.20. The second-order valence-corrected chi connectivity index (χ2v) is 6.68. The number of aldehydes is 1. The van der Waals surface area contributed by atoms with Gasteiger partial charge in [-0.05, 0) is 18.9 Å². The molecule has 1 aromatic carbocycles. The summed E-state index contributed by atoms with van der Waals surface area (Å²) in [4.78, 5) is 20.0. The van der Waals surface area contributed by atoms with E-state index in [4.69, 9.17) is 0 Å². The topological polar surface area (TPSA) is 97.6 Å². The van der Waals surface area contributed by atoms with Crippen LogP contribution >= 0.6 is 0 Å². The van der Waals surface area contributed by atoms with Crippen LogP contribution in [0.3, 0.4) is 0 Å². The molecule has 1 aliphatic heterocycles. The van der Waals surface area contributed by atoms with Gasteiger partial charge >= 0.3 is 0 Å². The molecule has 9 heteroatoms. The summed E-state index contributed by atoms with van der Waals surface area (Å²) in [6.07, 6.45) is 1.73. The number of sulfonamides is 1. The maximum absolute atomic E-state index is 13.8. The maximum Gasteiger partial charge on any atom is 0.270 e. The number of halogens is 1. The molecular formula is C12H13FN2O5S. The Hall–Kier alpha value is -1.87. The van der Waals surface area contributed by atoms with Crippen LogP contribution in [0, 0.1) is 21.8 Å². The van der Waals surface area contributed by atoms with Crippen LogP contribution in [0.1, 0.15) is 12.8 Å². The van der Waals surface area contributed by atoms with Crippen molar-refractivity contribution in [2.45, 2.75) is 17.7 Å². The second kappa shape index (κ2) is 5.86. The van der Waals surface area contributed by atoms with Crippen LogP contribution in [-0.2, 0) is 14.8 Å². The van der Waals surface area contributed by atoms with E-state index in [0.717, 1.165) is 16.4 Å². The highest BCUT2D eigenvalue weighted by Gasteiger charge is 2.33. The zero-order valence-electron chi connectivity index (χ0n) is 10.9. The SMILES string of the molecule is O=CC1CCCN(S(=O)(=O)c2cc([N+](=O)[O-])ccc2F)C1. The van der Waals surface area contributed by atoms with Gasteiger partial charge in [-0.2, -0.15) is 4.31 Å². The molecule has 0 N–H and O–H groups in total. The molecule has 0 amide bonds. The molecule has 1 saturated heterocycles. The lowest BCUT2D eigenvalue weighted by Gasteiger charge is -2.29. The van der Waals surface area contributed by atoms with Gasteiger partial charge in [0.1, 0.15) is 17.0 Å². The molecule has 114 valence electrons. The van der Waals surface area contributed by atoms with Crippen LogP contribution in [0.5, 0.6) is 0 Å². The molecular weight excluding hydrogens is 303 g/mol. The molecule has 1 atom stereocenters. The van der Waals surface area contributed by atoms with Gasteiger partial charge in [0.2, 0.25) is 10.0 Å². The van der Waals surface area contributed by atoms with Gasteiger partial charge in [-0.15, -0.1) is 0 Å². The zero-order chi connectivity index (χ0) is 15.6. The van der Waals surface area contributed by atoms with Crippen LogP contribution in [0.4, 0.5) is 10.1 Å². The van der Waals surface area contributed by atoms with Crippen molar-refractivity contribution in [3.63, 3.8) is 0 Å². The standard InChI is InChI=1S/C12H13FN2O5S/c13-11-4-3-10(15(17)18)6-12(11)21(19,20)14-5-1-2-9(7-14)8-16/h3-4,6,8-9H,1-2,5,7H2. The average molecular weight is 316 g/mol. The van der Waals surface area contributed by atoms with Crippen molar-refractivity contribution < 1.29 is 22.5 Å². The summed E-state index contributed by atoms with van der Waals surface area (Å²) in [7, 11) is -4.20. The summed E-state index contributed by atoms with van der Waals surface area (Å²) in [5.74, 6) is -1.48. The molecule has 2 rings (SSSR count). The Bertz CT molecular complexity index is 676. The third-order valence-corrected chi connectivity index (χ3v) is 5.24. The van der Waals surface area contributed by atoms with Crippen molar-refractivity contribution in [3.8, 4) is 0 Å². The number of carbonyl (C=O) groups is 1. The number of carbonyl (C=O) groups excluding carboxylic acids is 1. The van der Waals surface area contributed by atoms with Crippen LogP contribution in [-0.4, -0.2) is 37.0 Å². The van der Waals surface area contributed by atoms with E-state index in [1.807, 2.05) is 0 Å². The summed E-state index contributed by atoms with van der Waals surface area (Å²) in [5.41, 5.74) is -0.501. The zero-order valence-corrected chi connectivity index (χ0v) is 11.8. The smallest absolute Gasteiger partial charge is 0.270 e. The molecule has 1 heterocycles. The monoisotopic (exact) mass is 316 g/mol. The summed E-state index contributed by atoms with van der Waals surface area (Å²) in [6, 6.07) is 2.36. The molecule has 0 spiro atoms. The highest BCUT2D eigenvalue weighted by molar-refractivity contribution is 7.89. The number of nitro groups is 1. The molecule has 0 aliphatic carbocycles. The number of piperidine rings is 1. The van der Waals surface area contributed by atoms with Gasteiger partial charge in [0.25, 0.3) is 5.69 Å². The Morgan fingerprint density at radius 1 is 1.43 bits per heavy atom. The van der Waals surface area contributed by atoms with Gasteiger partial charge in [0, 0.05) is 31.1 Å². The summed E-state index contributed by atoms with van der Waals surface area (Å²) < 4.78 is 39.5. The van der Waals surface area contributed by atoms with E-state index in [-0.39, 0.29) is 13.1 Å². The number of rotatable bonds is 4. The van der Waals surface area contributed by atoms with Crippen LogP contribution in [0.2, 0.25) is 0 Å². The number of hydrogen-bond acceptors (Lipinski definition) is 5. The van der Waals surface area contributed by atoms with Gasteiger partial charge < -0.3 is 4.79 Å². The minimum Gasteiger partial charge on any atom is -0.303 e. The van der Waals surface area contributed by atoms with E-state index in [1.165, 1.54) is 0 Å². The van der Waals surface area contributed by atoms with Gasteiger partial charge in [-0.1, -0.05) is 0 Å². The molecule has 1 aliphatic rings. The maximum atomic E-state index is 13.8. The summed E-state index contributed by atoms with van der Waals surface area (Å²) in [5, 5.41) is 10.7. The lowest BCUT2D eigenvalue weighted by Crippen LogP contribution is -2.40. The van der Waals surface area contributed by atoms with Crippen molar-refractivity contribution in [2.75, 3.05) is 13.1 Å². The first kappa shape index (κ1) is 15.5. The van der Waals surface area contributed by atoms with Crippen molar-refractivity contribution in [2.24, 2.45) is 5.92 Å². The molecule has 0 radical (unpaired) electrons. The number of nitrogens with zero attached hydrogens (tertiary/aromatic N) is 2. The number of benzene rings is 1. The number of nitro benzene ring substituents is 1. The van der Waals surface area contributed by atoms with Crippen LogP contribution in [0.25, 0.3) is 0 Å². The highest BCUT2D eigenvalue weighted by atomic mass is 32.2. The van der Waals surface area contributed by atoms with Crippen molar-refractivity contribution in [1.82, 2.24) is 4.31 Å². The minimum absolute atomic E-state index is 0.0338. The summed E-state index contributed by atoms with van der Waals surface area (Å²) in [6.45, 7) is 0.128. The quantitative estimate of drug-likeness (QED) is 0.474. The van der Waals surface area contributed by atoms with E-state index in [9.17, 15) is 27.7 Å². The van der Waals surface area contributed by atoms with Gasteiger partial charge in [-0.3, -0.25) is 10.1 Å². The fraction of sp³-hybridized carbons (Fsp3) is 0.417. The molecule has 21 heavy (non-hydrogen) atoms. The van der Waals surface area contributed by atoms with Crippen LogP contribution in [0.15, 0.2) is 23.1 Å². The molecule has 0 bridgehead atoms. The Balaban J connectivity index is 2.41. The molecule has 7 nitrogen and oxygen atoms in total. The van der Waals surface area contributed by atoms with Crippen molar-refractivity contribution in [3.05, 3.63) is 34.1 Å². The Labute approximate surface area is 120 Å². The number of non-ortho nitro benzene ring substituents is 1. The largest absolute Gasteiger partial charge is 0.303 e. The first-order valence-electron chi connectivity index (χ1n) is 6.25. The second-order valence-electron chi connectivity index (χ2n) is 4.77. The Morgan fingerprint density at radius 3 is 2.76 bits per heavy atom. The average Bonchev–Trinajstić information content (AvgIpc) is 2.47. The number of hydrogen-bond donors (Lipinski definition) is 0. The molecule has 0 saturated carbocycles. The van der Waals surface area contributed by atoms with E-state index < -0.39 is 37.3 Å². The highest BCUT2D eigenvalue weighted by Crippen LogP contribution is 2.27. The molecule has 1 fully saturated rings. The summed E-state index contributed by atoms with van der Waals surface area (Å²) >= 11 is 0. The van der Waals surface area contributed by atoms with Gasteiger partial charge in [0.15, 0.2) is 0 Å². The lowest BCUT2D eigenvalue weighted by molar-refractivity contribution is -0.385. The Morgan fingerprint density at radius 2 is 2.14 bits per heavy atom.